The van der Waals surface area contributed by atoms with Crippen LogP contribution in [0.2, 0.25) is 0 Å². The van der Waals surface area contributed by atoms with Crippen LogP contribution in [0.1, 0.15) is 24.0 Å². The van der Waals surface area contributed by atoms with E-state index in [0.29, 0.717) is 5.92 Å². The number of nitrogens with one attached hydrogen (secondary N) is 1. The van der Waals surface area contributed by atoms with E-state index in [1.165, 1.54) is 34.9 Å². The van der Waals surface area contributed by atoms with Crippen molar-refractivity contribution in [1.82, 2.24) is 19.8 Å². The number of hydrogen-bond donors (Lipinski definition) is 1. The summed E-state index contributed by atoms with van der Waals surface area (Å²) in [6.45, 7) is 6.09. The molecule has 2 aromatic carbocycles. The van der Waals surface area contributed by atoms with E-state index in [1.54, 1.807) is 0 Å². The summed E-state index contributed by atoms with van der Waals surface area (Å²) in [5, 5.41) is 2.35. The minimum absolute atomic E-state index is 0.614. The first kappa shape index (κ1) is 21.9. The van der Waals surface area contributed by atoms with Gasteiger partial charge in [0.1, 0.15) is 11.4 Å². The summed E-state index contributed by atoms with van der Waals surface area (Å²) in [5.74, 6) is 1.54. The van der Waals surface area contributed by atoms with Gasteiger partial charge in [-0.15, -0.1) is 0 Å². The van der Waals surface area contributed by atoms with Crippen molar-refractivity contribution in [2.45, 2.75) is 26.3 Å². The second kappa shape index (κ2) is 9.16. The number of aryl methyl sites for hydroxylation is 1. The number of aromatic amines is 1. The minimum atomic E-state index is 0.614. The molecule has 3 heterocycles. The maximum absolute atomic E-state index is 6.44. The SMILES string of the molecule is Cc1cnc2[nH]c3c(OCC4CCN(C)CC4)ccc(-c4cccc(CN(C)C)c4)c3c2c1. The second-order valence-corrected chi connectivity index (χ2v) is 9.89. The van der Waals surface area contributed by atoms with Crippen molar-refractivity contribution in [2.75, 3.05) is 40.8 Å². The van der Waals surface area contributed by atoms with E-state index in [2.05, 4.69) is 90.3 Å². The molecule has 4 aromatic rings. The van der Waals surface area contributed by atoms with E-state index in [-0.39, 0.29) is 0 Å². The third-order valence-corrected chi connectivity index (χ3v) is 6.75. The molecule has 0 saturated carbocycles. The monoisotopic (exact) mass is 442 g/mol. The number of rotatable bonds is 6. The molecule has 33 heavy (non-hydrogen) atoms. The van der Waals surface area contributed by atoms with Crippen LogP contribution in [0.4, 0.5) is 0 Å². The van der Waals surface area contributed by atoms with Gasteiger partial charge in [0.25, 0.3) is 0 Å². The van der Waals surface area contributed by atoms with Crippen LogP contribution in [0.5, 0.6) is 5.75 Å². The van der Waals surface area contributed by atoms with Crippen molar-refractivity contribution in [3.63, 3.8) is 0 Å². The number of ether oxygens (including phenoxy) is 1. The topological polar surface area (TPSA) is 44.4 Å². The van der Waals surface area contributed by atoms with Crippen LogP contribution in [0.15, 0.2) is 48.7 Å². The van der Waals surface area contributed by atoms with Crippen molar-refractivity contribution in [2.24, 2.45) is 5.92 Å². The molecule has 0 radical (unpaired) electrons. The van der Waals surface area contributed by atoms with Gasteiger partial charge in [0.05, 0.1) is 12.1 Å². The predicted molar refractivity (Wildman–Crippen MR) is 137 cm³/mol. The van der Waals surface area contributed by atoms with Gasteiger partial charge < -0.3 is 19.5 Å². The number of H-pyrrole nitrogens is 1. The predicted octanol–water partition coefficient (Wildman–Crippen LogP) is 5.47. The van der Waals surface area contributed by atoms with Crippen LogP contribution in [0, 0.1) is 12.8 Å². The summed E-state index contributed by atoms with van der Waals surface area (Å²) in [7, 11) is 6.41. The zero-order chi connectivity index (χ0) is 22.9. The molecule has 0 bridgehead atoms. The quantitative estimate of drug-likeness (QED) is 0.430. The summed E-state index contributed by atoms with van der Waals surface area (Å²) in [5.41, 5.74) is 6.87. The van der Waals surface area contributed by atoms with E-state index < -0.39 is 0 Å². The Morgan fingerprint density at radius 1 is 1.12 bits per heavy atom. The van der Waals surface area contributed by atoms with Gasteiger partial charge in [0, 0.05) is 23.5 Å². The molecular weight excluding hydrogens is 408 g/mol. The van der Waals surface area contributed by atoms with E-state index in [4.69, 9.17) is 4.74 Å². The first-order valence-electron chi connectivity index (χ1n) is 11.9. The van der Waals surface area contributed by atoms with Gasteiger partial charge >= 0.3 is 0 Å². The minimum Gasteiger partial charge on any atom is -0.491 e. The zero-order valence-electron chi connectivity index (χ0n) is 20.2. The lowest BCUT2D eigenvalue weighted by Gasteiger charge is -2.28. The average Bonchev–Trinajstić information content (AvgIpc) is 3.17. The normalized spacial score (nSPS) is 15.7. The highest BCUT2D eigenvalue weighted by atomic mass is 16.5. The van der Waals surface area contributed by atoms with Crippen LogP contribution in [0.3, 0.4) is 0 Å². The highest BCUT2D eigenvalue weighted by Crippen LogP contribution is 2.39. The number of aromatic nitrogens is 2. The fourth-order valence-electron chi connectivity index (χ4n) is 4.96. The maximum Gasteiger partial charge on any atom is 0.143 e. The maximum atomic E-state index is 6.44. The Morgan fingerprint density at radius 2 is 1.94 bits per heavy atom. The molecule has 0 aliphatic carbocycles. The Kier molecular flexibility index (Phi) is 6.09. The number of fused-ring (bicyclic) bond motifs is 3. The van der Waals surface area contributed by atoms with Crippen LogP contribution < -0.4 is 4.74 Å². The molecule has 5 nitrogen and oxygen atoms in total. The zero-order valence-corrected chi connectivity index (χ0v) is 20.2. The number of pyridine rings is 1. The summed E-state index contributed by atoms with van der Waals surface area (Å²) in [6.07, 6.45) is 4.32. The third kappa shape index (κ3) is 4.61. The molecule has 0 amide bonds. The Hall–Kier alpha value is -2.89. The van der Waals surface area contributed by atoms with Crippen molar-refractivity contribution >= 4 is 21.9 Å². The van der Waals surface area contributed by atoms with E-state index in [1.807, 2.05) is 6.20 Å². The molecule has 2 aromatic heterocycles. The molecule has 5 heteroatoms. The largest absolute Gasteiger partial charge is 0.491 e. The number of nitrogens with zero attached hydrogens (tertiary/aromatic N) is 3. The van der Waals surface area contributed by atoms with Crippen molar-refractivity contribution in [1.29, 1.82) is 0 Å². The first-order valence-corrected chi connectivity index (χ1v) is 11.9. The highest BCUT2D eigenvalue weighted by Gasteiger charge is 2.20. The van der Waals surface area contributed by atoms with Gasteiger partial charge in [-0.05, 0) is 106 Å². The van der Waals surface area contributed by atoms with E-state index in [9.17, 15) is 0 Å². The van der Waals surface area contributed by atoms with Gasteiger partial charge in [-0.2, -0.15) is 0 Å². The first-order chi connectivity index (χ1) is 16.0. The molecule has 0 unspecified atom stereocenters. The molecule has 1 aliphatic rings. The lowest BCUT2D eigenvalue weighted by Crippen LogP contribution is -2.32. The van der Waals surface area contributed by atoms with Gasteiger partial charge in [-0.25, -0.2) is 4.98 Å². The summed E-state index contributed by atoms with van der Waals surface area (Å²) < 4.78 is 6.44. The molecule has 172 valence electrons. The standard InChI is InChI=1S/C28H34N4O/c1-19-14-24-26-23(22-7-5-6-21(15-22)17-31(2)3)8-9-25(27(26)30-28(24)29-16-19)33-18-20-10-12-32(4)13-11-20/h5-9,14-16,20H,10-13,17-18H2,1-4H3,(H,29,30). The molecule has 1 N–H and O–H groups in total. The lowest BCUT2D eigenvalue weighted by molar-refractivity contribution is 0.161. The van der Waals surface area contributed by atoms with Gasteiger partial charge in [0.15, 0.2) is 0 Å². The Morgan fingerprint density at radius 3 is 2.73 bits per heavy atom. The smallest absolute Gasteiger partial charge is 0.143 e. The van der Waals surface area contributed by atoms with Gasteiger partial charge in [0.2, 0.25) is 0 Å². The molecule has 1 fully saturated rings. The van der Waals surface area contributed by atoms with Crippen LogP contribution in [-0.2, 0) is 6.54 Å². The van der Waals surface area contributed by atoms with Crippen molar-refractivity contribution < 1.29 is 4.74 Å². The lowest BCUT2D eigenvalue weighted by atomic mass is 9.97. The Bertz CT molecular complexity index is 1270. The van der Waals surface area contributed by atoms with Crippen LogP contribution >= 0.6 is 0 Å². The second-order valence-electron chi connectivity index (χ2n) is 9.89. The molecule has 1 saturated heterocycles. The van der Waals surface area contributed by atoms with Gasteiger partial charge in [-0.3, -0.25) is 0 Å². The van der Waals surface area contributed by atoms with Gasteiger partial charge in [-0.1, -0.05) is 18.2 Å². The fraction of sp³-hybridized carbons (Fsp3) is 0.393. The van der Waals surface area contributed by atoms with Crippen LogP contribution in [-0.4, -0.2) is 60.6 Å². The summed E-state index contributed by atoms with van der Waals surface area (Å²) in [6, 6.07) is 15.4. The highest BCUT2D eigenvalue weighted by molar-refractivity contribution is 6.15. The number of benzene rings is 2. The summed E-state index contributed by atoms with van der Waals surface area (Å²) >= 11 is 0. The molecule has 0 atom stereocenters. The Labute approximate surface area is 196 Å². The third-order valence-electron chi connectivity index (χ3n) is 6.75. The Balaban J connectivity index is 1.57. The van der Waals surface area contributed by atoms with Crippen molar-refractivity contribution in [3.05, 3.63) is 59.8 Å². The summed E-state index contributed by atoms with van der Waals surface area (Å²) in [4.78, 5) is 12.9. The van der Waals surface area contributed by atoms with Crippen molar-refractivity contribution in [3.8, 4) is 16.9 Å². The number of piperidine rings is 1. The van der Waals surface area contributed by atoms with E-state index >= 15 is 0 Å². The number of likely N-dealkylation sites (tertiary alicyclic amines) is 1. The molecule has 1 aliphatic heterocycles. The number of hydrogen-bond acceptors (Lipinski definition) is 4. The fourth-order valence-corrected chi connectivity index (χ4v) is 4.96. The molecular formula is C28H34N4O. The van der Waals surface area contributed by atoms with Crippen LogP contribution in [0.25, 0.3) is 33.1 Å². The van der Waals surface area contributed by atoms with E-state index in [0.717, 1.165) is 54.1 Å². The average molecular weight is 443 g/mol. The molecule has 5 rings (SSSR count). The molecule has 0 spiro atoms.